The van der Waals surface area contributed by atoms with Crippen LogP contribution in [0.4, 0.5) is 0 Å². The Balaban J connectivity index is 1.99. The zero-order chi connectivity index (χ0) is 14.4. The maximum absolute atomic E-state index is 5.88. The molecule has 1 saturated carbocycles. The van der Waals surface area contributed by atoms with Gasteiger partial charge < -0.3 is 20.5 Å². The third-order valence-corrected chi connectivity index (χ3v) is 4.26. The number of methoxy groups -OCH3 is 2. The molecule has 1 aromatic rings. The predicted molar refractivity (Wildman–Crippen MR) is 81.2 cm³/mol. The fraction of sp³-hybridized carbons (Fsp3) is 0.625. The molecule has 2 atom stereocenters. The smallest absolute Gasteiger partial charge is 0.127 e. The monoisotopic (exact) mass is 278 g/mol. The Kier molecular flexibility index (Phi) is 5.68. The molecule has 0 bridgehead atoms. The van der Waals surface area contributed by atoms with E-state index in [1.165, 1.54) is 25.7 Å². The predicted octanol–water partition coefficient (Wildman–Crippen LogP) is 2.31. The third kappa shape index (κ3) is 3.64. The van der Waals surface area contributed by atoms with Crippen LogP contribution >= 0.6 is 0 Å². The number of hydrogen-bond acceptors (Lipinski definition) is 4. The van der Waals surface area contributed by atoms with Gasteiger partial charge in [0.15, 0.2) is 0 Å². The van der Waals surface area contributed by atoms with E-state index in [2.05, 4.69) is 11.4 Å². The Morgan fingerprint density at radius 2 is 2.00 bits per heavy atom. The molecule has 0 spiro atoms. The zero-order valence-electron chi connectivity index (χ0n) is 12.5. The summed E-state index contributed by atoms with van der Waals surface area (Å²) >= 11 is 0. The molecule has 2 rings (SSSR count). The van der Waals surface area contributed by atoms with Crippen molar-refractivity contribution in [2.75, 3.05) is 20.8 Å². The largest absolute Gasteiger partial charge is 0.497 e. The van der Waals surface area contributed by atoms with Gasteiger partial charge in [0.25, 0.3) is 0 Å². The van der Waals surface area contributed by atoms with Crippen LogP contribution in [0.25, 0.3) is 0 Å². The Labute approximate surface area is 121 Å². The summed E-state index contributed by atoms with van der Waals surface area (Å²) in [5.41, 5.74) is 7.04. The van der Waals surface area contributed by atoms with Gasteiger partial charge in [0.1, 0.15) is 11.5 Å². The Hall–Kier alpha value is -1.26. The molecule has 4 heteroatoms. The molecule has 20 heavy (non-hydrogen) atoms. The van der Waals surface area contributed by atoms with E-state index in [-0.39, 0.29) is 0 Å². The average molecular weight is 278 g/mol. The van der Waals surface area contributed by atoms with Gasteiger partial charge in [-0.05, 0) is 31.4 Å². The van der Waals surface area contributed by atoms with Crippen LogP contribution in [-0.4, -0.2) is 26.8 Å². The highest BCUT2D eigenvalue weighted by Crippen LogP contribution is 2.27. The molecule has 0 saturated heterocycles. The van der Waals surface area contributed by atoms with Gasteiger partial charge in [0, 0.05) is 24.2 Å². The first-order valence-electron chi connectivity index (χ1n) is 7.42. The standard InChI is InChI=1S/C16H26N2O2/c1-19-14-8-7-13(16(9-14)20-2)11-18-15-6-4-3-5-12(15)10-17/h7-9,12,15,18H,3-6,10-11,17H2,1-2H3. The first kappa shape index (κ1) is 15.1. The molecule has 0 aliphatic heterocycles. The van der Waals surface area contributed by atoms with Crippen LogP contribution in [0, 0.1) is 5.92 Å². The molecule has 3 N–H and O–H groups in total. The summed E-state index contributed by atoms with van der Waals surface area (Å²) < 4.78 is 10.7. The molecular weight excluding hydrogens is 252 g/mol. The van der Waals surface area contributed by atoms with Crippen LogP contribution in [0.2, 0.25) is 0 Å². The molecule has 4 nitrogen and oxygen atoms in total. The van der Waals surface area contributed by atoms with Gasteiger partial charge in [-0.15, -0.1) is 0 Å². The Morgan fingerprint density at radius 3 is 2.70 bits per heavy atom. The van der Waals surface area contributed by atoms with Gasteiger partial charge in [-0.2, -0.15) is 0 Å². The van der Waals surface area contributed by atoms with Crippen molar-refractivity contribution in [1.29, 1.82) is 0 Å². The summed E-state index contributed by atoms with van der Waals surface area (Å²) in [6.07, 6.45) is 5.08. The lowest BCUT2D eigenvalue weighted by atomic mass is 9.84. The van der Waals surface area contributed by atoms with E-state index in [0.717, 1.165) is 30.2 Å². The molecule has 0 heterocycles. The lowest BCUT2D eigenvalue weighted by molar-refractivity contribution is 0.265. The fourth-order valence-electron chi connectivity index (χ4n) is 3.00. The first-order chi connectivity index (χ1) is 9.78. The maximum Gasteiger partial charge on any atom is 0.127 e. The van der Waals surface area contributed by atoms with Gasteiger partial charge in [-0.25, -0.2) is 0 Å². The lowest BCUT2D eigenvalue weighted by Crippen LogP contribution is -2.41. The Bertz CT molecular complexity index is 423. The molecular formula is C16H26N2O2. The maximum atomic E-state index is 5.88. The summed E-state index contributed by atoms with van der Waals surface area (Å²) in [5.74, 6) is 2.30. The average Bonchev–Trinajstić information content (AvgIpc) is 2.52. The van der Waals surface area contributed by atoms with Crippen molar-refractivity contribution in [2.24, 2.45) is 11.7 Å². The highest BCUT2D eigenvalue weighted by Gasteiger charge is 2.23. The number of nitrogens with two attached hydrogens (primary N) is 1. The van der Waals surface area contributed by atoms with Gasteiger partial charge in [-0.3, -0.25) is 0 Å². The highest BCUT2D eigenvalue weighted by atomic mass is 16.5. The van der Waals surface area contributed by atoms with Crippen molar-refractivity contribution in [3.05, 3.63) is 23.8 Å². The molecule has 0 radical (unpaired) electrons. The second-order valence-electron chi connectivity index (χ2n) is 5.45. The molecule has 1 fully saturated rings. The molecule has 2 unspecified atom stereocenters. The number of rotatable bonds is 6. The van der Waals surface area contributed by atoms with Crippen molar-refractivity contribution >= 4 is 0 Å². The van der Waals surface area contributed by atoms with Crippen LogP contribution in [-0.2, 0) is 6.54 Å². The third-order valence-electron chi connectivity index (χ3n) is 4.26. The number of ether oxygens (including phenoxy) is 2. The second-order valence-corrected chi connectivity index (χ2v) is 5.45. The van der Waals surface area contributed by atoms with Crippen LogP contribution in [0.1, 0.15) is 31.2 Å². The molecule has 112 valence electrons. The van der Waals surface area contributed by atoms with Crippen LogP contribution < -0.4 is 20.5 Å². The highest BCUT2D eigenvalue weighted by molar-refractivity contribution is 5.40. The van der Waals surface area contributed by atoms with Crippen molar-refractivity contribution in [2.45, 2.75) is 38.3 Å². The van der Waals surface area contributed by atoms with E-state index in [1.807, 2.05) is 12.1 Å². The molecule has 0 aromatic heterocycles. The van der Waals surface area contributed by atoms with E-state index < -0.39 is 0 Å². The van der Waals surface area contributed by atoms with Crippen molar-refractivity contribution in [3.63, 3.8) is 0 Å². The van der Waals surface area contributed by atoms with E-state index in [9.17, 15) is 0 Å². The SMILES string of the molecule is COc1ccc(CNC2CCCCC2CN)c(OC)c1. The summed E-state index contributed by atoms with van der Waals surface area (Å²) in [5, 5.41) is 3.65. The van der Waals surface area contributed by atoms with Crippen LogP contribution in [0.15, 0.2) is 18.2 Å². The van der Waals surface area contributed by atoms with E-state index in [0.29, 0.717) is 12.0 Å². The topological polar surface area (TPSA) is 56.5 Å². The minimum atomic E-state index is 0.528. The van der Waals surface area contributed by atoms with Crippen molar-refractivity contribution in [3.8, 4) is 11.5 Å². The summed E-state index contributed by atoms with van der Waals surface area (Å²) in [4.78, 5) is 0. The van der Waals surface area contributed by atoms with Crippen LogP contribution in [0.3, 0.4) is 0 Å². The normalized spacial score (nSPS) is 22.6. The fourth-order valence-corrected chi connectivity index (χ4v) is 3.00. The minimum absolute atomic E-state index is 0.528. The molecule has 0 amide bonds. The van der Waals surface area contributed by atoms with E-state index >= 15 is 0 Å². The zero-order valence-corrected chi connectivity index (χ0v) is 12.5. The van der Waals surface area contributed by atoms with Gasteiger partial charge >= 0.3 is 0 Å². The quantitative estimate of drug-likeness (QED) is 0.838. The Morgan fingerprint density at radius 1 is 1.20 bits per heavy atom. The van der Waals surface area contributed by atoms with E-state index in [4.69, 9.17) is 15.2 Å². The summed E-state index contributed by atoms with van der Waals surface area (Å²) in [6, 6.07) is 6.49. The summed E-state index contributed by atoms with van der Waals surface area (Å²) in [6.45, 7) is 1.59. The molecule has 1 aliphatic rings. The van der Waals surface area contributed by atoms with Crippen molar-refractivity contribution in [1.82, 2.24) is 5.32 Å². The lowest BCUT2D eigenvalue weighted by Gasteiger charge is -2.31. The van der Waals surface area contributed by atoms with Gasteiger partial charge in [0.05, 0.1) is 14.2 Å². The van der Waals surface area contributed by atoms with Gasteiger partial charge in [-0.1, -0.05) is 18.9 Å². The number of nitrogens with one attached hydrogen (secondary N) is 1. The van der Waals surface area contributed by atoms with E-state index in [1.54, 1.807) is 14.2 Å². The molecule has 1 aromatic carbocycles. The van der Waals surface area contributed by atoms with Crippen LogP contribution in [0.5, 0.6) is 11.5 Å². The first-order valence-corrected chi connectivity index (χ1v) is 7.42. The number of benzene rings is 1. The van der Waals surface area contributed by atoms with Gasteiger partial charge in [0.2, 0.25) is 0 Å². The second kappa shape index (κ2) is 7.50. The minimum Gasteiger partial charge on any atom is -0.497 e. The number of hydrogen-bond donors (Lipinski definition) is 2. The van der Waals surface area contributed by atoms with Crippen molar-refractivity contribution < 1.29 is 9.47 Å². The summed E-state index contributed by atoms with van der Waals surface area (Å²) in [7, 11) is 3.36. The molecule has 1 aliphatic carbocycles.